The van der Waals surface area contributed by atoms with E-state index in [1.54, 1.807) is 17.0 Å². The van der Waals surface area contributed by atoms with Gasteiger partial charge in [0, 0.05) is 23.5 Å². The summed E-state index contributed by atoms with van der Waals surface area (Å²) in [4.78, 5) is 29.2. The molecule has 1 aliphatic rings. The molecule has 4 rings (SSSR count). The average Bonchev–Trinajstić information content (AvgIpc) is 2.89. The van der Waals surface area contributed by atoms with Crippen molar-refractivity contribution >= 4 is 27.7 Å². The van der Waals surface area contributed by atoms with Crippen molar-refractivity contribution in [2.24, 2.45) is 0 Å². The van der Waals surface area contributed by atoms with Crippen LogP contribution in [0, 0.1) is 5.82 Å². The molecule has 1 aliphatic carbocycles. The summed E-state index contributed by atoms with van der Waals surface area (Å²) in [5.41, 5.74) is 2.65. The van der Waals surface area contributed by atoms with Crippen LogP contribution in [0.3, 0.4) is 0 Å². The Hall–Kier alpha value is -2.99. The van der Waals surface area contributed by atoms with Crippen molar-refractivity contribution in [2.45, 2.75) is 63.6 Å². The number of hydrogen-bond donors (Lipinski definition) is 1. The van der Waals surface area contributed by atoms with Gasteiger partial charge in [-0.2, -0.15) is 0 Å². The lowest BCUT2D eigenvalue weighted by Gasteiger charge is -2.33. The van der Waals surface area contributed by atoms with Gasteiger partial charge in [-0.05, 0) is 53.8 Å². The number of hydrogen-bond acceptors (Lipinski definition) is 2. The molecule has 0 unspecified atom stereocenters. The minimum absolute atomic E-state index is 0.0960. The van der Waals surface area contributed by atoms with E-state index in [1.807, 2.05) is 54.6 Å². The molecule has 1 saturated carbocycles. The molecule has 4 nitrogen and oxygen atoms in total. The quantitative estimate of drug-likeness (QED) is 0.343. The van der Waals surface area contributed by atoms with Gasteiger partial charge in [0.1, 0.15) is 11.9 Å². The molecule has 0 aromatic heterocycles. The van der Waals surface area contributed by atoms with Crippen LogP contribution >= 0.6 is 15.9 Å². The summed E-state index contributed by atoms with van der Waals surface area (Å²) in [5.74, 6) is -0.619. The van der Waals surface area contributed by atoms with Crippen LogP contribution in [0.4, 0.5) is 4.39 Å². The summed E-state index contributed by atoms with van der Waals surface area (Å²) in [5, 5.41) is 3.25. The first-order chi connectivity index (χ1) is 17.5. The summed E-state index contributed by atoms with van der Waals surface area (Å²) < 4.78 is 14.4. The van der Waals surface area contributed by atoms with Gasteiger partial charge >= 0.3 is 0 Å². The Morgan fingerprint density at radius 3 is 2.17 bits per heavy atom. The Morgan fingerprint density at radius 1 is 0.861 bits per heavy atom. The molecule has 1 fully saturated rings. The SMILES string of the molecule is O=C(NC1CCCCC1)[C@H](Cc1ccccc1)N(Cc1ccc(Br)cc1)C(=O)Cc1ccc(F)cc1. The van der Waals surface area contributed by atoms with Crippen molar-refractivity contribution in [1.29, 1.82) is 0 Å². The largest absolute Gasteiger partial charge is 0.352 e. The molecule has 1 atom stereocenters. The number of nitrogens with zero attached hydrogens (tertiary/aromatic N) is 1. The zero-order valence-electron chi connectivity index (χ0n) is 20.3. The minimum Gasteiger partial charge on any atom is -0.352 e. The van der Waals surface area contributed by atoms with Crippen LogP contribution in [-0.4, -0.2) is 28.8 Å². The third-order valence-electron chi connectivity index (χ3n) is 6.76. The maximum Gasteiger partial charge on any atom is 0.243 e. The number of benzene rings is 3. The standard InChI is InChI=1S/C30H32BrFN2O2/c31-25-15-11-24(12-16-25)21-34(29(35)20-23-13-17-26(32)18-14-23)28(19-22-7-3-1-4-8-22)30(36)33-27-9-5-2-6-10-27/h1,3-4,7-8,11-18,27-28H,2,5-6,9-10,19-21H2,(H,33,36)/t28-/m0/s1. The van der Waals surface area contributed by atoms with Crippen molar-refractivity contribution < 1.29 is 14.0 Å². The lowest BCUT2D eigenvalue weighted by molar-refractivity contribution is -0.141. The number of carbonyl (C=O) groups excluding carboxylic acids is 2. The van der Waals surface area contributed by atoms with E-state index in [1.165, 1.54) is 18.6 Å². The monoisotopic (exact) mass is 550 g/mol. The normalized spacial score (nSPS) is 14.7. The van der Waals surface area contributed by atoms with E-state index in [2.05, 4.69) is 21.2 Å². The highest BCUT2D eigenvalue weighted by molar-refractivity contribution is 9.10. The van der Waals surface area contributed by atoms with E-state index in [9.17, 15) is 14.0 Å². The zero-order valence-corrected chi connectivity index (χ0v) is 21.9. The zero-order chi connectivity index (χ0) is 25.3. The van der Waals surface area contributed by atoms with Gasteiger partial charge in [-0.25, -0.2) is 4.39 Å². The first kappa shape index (κ1) is 26.1. The van der Waals surface area contributed by atoms with Gasteiger partial charge in [-0.3, -0.25) is 9.59 Å². The highest BCUT2D eigenvalue weighted by Crippen LogP contribution is 2.21. The van der Waals surface area contributed by atoms with Gasteiger partial charge in [0.25, 0.3) is 0 Å². The van der Waals surface area contributed by atoms with Crippen LogP contribution in [0.1, 0.15) is 48.8 Å². The predicted molar refractivity (Wildman–Crippen MR) is 144 cm³/mol. The second-order valence-electron chi connectivity index (χ2n) is 9.50. The molecule has 0 bridgehead atoms. The van der Waals surface area contributed by atoms with Crippen LogP contribution in [0.2, 0.25) is 0 Å². The van der Waals surface area contributed by atoms with E-state index in [-0.39, 0.29) is 30.1 Å². The first-order valence-electron chi connectivity index (χ1n) is 12.6. The van der Waals surface area contributed by atoms with Crippen molar-refractivity contribution in [3.63, 3.8) is 0 Å². The molecule has 3 aromatic carbocycles. The van der Waals surface area contributed by atoms with Gasteiger partial charge in [0.2, 0.25) is 11.8 Å². The molecule has 0 spiro atoms. The molecule has 0 radical (unpaired) electrons. The molecule has 1 N–H and O–H groups in total. The number of nitrogens with one attached hydrogen (secondary N) is 1. The van der Waals surface area contributed by atoms with Crippen molar-refractivity contribution in [3.05, 3.63) is 106 Å². The Bertz CT molecular complexity index is 1130. The van der Waals surface area contributed by atoms with Crippen LogP contribution < -0.4 is 5.32 Å². The fraction of sp³-hybridized carbons (Fsp3) is 0.333. The lowest BCUT2D eigenvalue weighted by Crippen LogP contribution is -2.53. The van der Waals surface area contributed by atoms with E-state index >= 15 is 0 Å². The van der Waals surface area contributed by atoms with Crippen LogP contribution in [0.5, 0.6) is 0 Å². The molecule has 0 heterocycles. The average molecular weight is 552 g/mol. The van der Waals surface area contributed by atoms with Crippen LogP contribution in [0.15, 0.2) is 83.3 Å². The van der Waals surface area contributed by atoms with E-state index in [0.29, 0.717) is 18.5 Å². The highest BCUT2D eigenvalue weighted by Gasteiger charge is 2.32. The first-order valence-corrected chi connectivity index (χ1v) is 13.4. The van der Waals surface area contributed by atoms with Gasteiger partial charge in [0.05, 0.1) is 6.42 Å². The van der Waals surface area contributed by atoms with E-state index < -0.39 is 6.04 Å². The Labute approximate surface area is 221 Å². The van der Waals surface area contributed by atoms with Crippen LogP contribution in [-0.2, 0) is 29.0 Å². The third-order valence-corrected chi connectivity index (χ3v) is 7.29. The summed E-state index contributed by atoms with van der Waals surface area (Å²) in [6, 6.07) is 23.1. The van der Waals surface area contributed by atoms with Gasteiger partial charge in [-0.1, -0.05) is 89.8 Å². The molecule has 2 amide bonds. The summed E-state index contributed by atoms with van der Waals surface area (Å²) in [6.07, 6.45) is 5.89. The summed E-state index contributed by atoms with van der Waals surface area (Å²) in [6.45, 7) is 0.308. The molecule has 3 aromatic rings. The fourth-order valence-corrected chi connectivity index (χ4v) is 5.03. The van der Waals surface area contributed by atoms with Gasteiger partial charge in [-0.15, -0.1) is 0 Å². The number of halogens is 2. The number of carbonyl (C=O) groups is 2. The Kier molecular flexibility index (Phi) is 9.29. The topological polar surface area (TPSA) is 49.4 Å². The predicted octanol–water partition coefficient (Wildman–Crippen LogP) is 6.22. The number of amides is 2. The van der Waals surface area contributed by atoms with Gasteiger partial charge in [0.15, 0.2) is 0 Å². The summed E-state index contributed by atoms with van der Waals surface area (Å²) in [7, 11) is 0. The van der Waals surface area contributed by atoms with Crippen molar-refractivity contribution in [3.8, 4) is 0 Å². The fourth-order valence-electron chi connectivity index (χ4n) is 4.76. The second kappa shape index (κ2) is 12.8. The molecular formula is C30H32BrFN2O2. The molecule has 36 heavy (non-hydrogen) atoms. The highest BCUT2D eigenvalue weighted by atomic mass is 79.9. The maximum absolute atomic E-state index is 13.7. The number of rotatable bonds is 9. The third kappa shape index (κ3) is 7.50. The maximum atomic E-state index is 13.7. The molecule has 0 aliphatic heterocycles. The molecular weight excluding hydrogens is 519 g/mol. The van der Waals surface area contributed by atoms with E-state index in [4.69, 9.17) is 0 Å². The smallest absolute Gasteiger partial charge is 0.243 e. The summed E-state index contributed by atoms with van der Waals surface area (Å²) >= 11 is 3.47. The van der Waals surface area contributed by atoms with Crippen molar-refractivity contribution in [2.75, 3.05) is 0 Å². The van der Waals surface area contributed by atoms with Gasteiger partial charge < -0.3 is 10.2 Å². The van der Waals surface area contributed by atoms with Crippen molar-refractivity contribution in [1.82, 2.24) is 10.2 Å². The lowest BCUT2D eigenvalue weighted by atomic mass is 9.94. The second-order valence-corrected chi connectivity index (χ2v) is 10.4. The molecule has 0 saturated heterocycles. The van der Waals surface area contributed by atoms with Crippen LogP contribution in [0.25, 0.3) is 0 Å². The molecule has 188 valence electrons. The minimum atomic E-state index is -0.661. The van der Waals surface area contributed by atoms with E-state index in [0.717, 1.165) is 41.3 Å². The Balaban J connectivity index is 1.64. The Morgan fingerprint density at radius 2 is 1.50 bits per heavy atom. The molecule has 6 heteroatoms.